The second-order valence-electron chi connectivity index (χ2n) is 9.34. The second-order valence-corrected chi connectivity index (χ2v) is 9.34. The molecule has 0 aliphatic carbocycles. The van der Waals surface area contributed by atoms with Crippen LogP contribution in [-0.2, 0) is 32.0 Å². The summed E-state index contributed by atoms with van der Waals surface area (Å²) in [7, 11) is 0. The standard InChI is InChI=1S/C27H37N5O8/c28-12-2-1-3-21(30-24(36)20(29)13-16-4-8-18(34)9-5-16)25(37)32-23(15-33)26(38)31-22(27(39)40)14-17-6-10-19(35)11-7-17/h4-11,20-23,33-35H,1-3,12-15,28-29H2,(H,30,36)(H,31,38)(H,32,37)(H,39,40). The van der Waals surface area contributed by atoms with E-state index >= 15 is 0 Å². The molecule has 0 saturated carbocycles. The number of rotatable bonds is 16. The molecule has 0 bridgehead atoms. The highest BCUT2D eigenvalue weighted by atomic mass is 16.4. The zero-order valence-electron chi connectivity index (χ0n) is 22.0. The van der Waals surface area contributed by atoms with Crippen LogP contribution in [-0.4, -0.2) is 81.4 Å². The Morgan fingerprint density at radius 1 is 0.700 bits per heavy atom. The molecule has 2 aromatic rings. The molecule has 0 heterocycles. The first-order valence-electron chi connectivity index (χ1n) is 12.8. The Balaban J connectivity index is 2.05. The van der Waals surface area contributed by atoms with Crippen molar-refractivity contribution in [1.29, 1.82) is 0 Å². The van der Waals surface area contributed by atoms with E-state index in [9.17, 15) is 39.6 Å². The topological polar surface area (TPSA) is 237 Å². The fourth-order valence-electron chi connectivity index (χ4n) is 3.83. The van der Waals surface area contributed by atoms with Crippen LogP contribution in [0.2, 0.25) is 0 Å². The molecule has 3 amide bonds. The minimum absolute atomic E-state index is 0.00265. The summed E-state index contributed by atoms with van der Waals surface area (Å²) in [5, 5.41) is 45.4. The number of aliphatic hydroxyl groups excluding tert-OH is 1. The van der Waals surface area contributed by atoms with Gasteiger partial charge in [-0.1, -0.05) is 24.3 Å². The largest absolute Gasteiger partial charge is 0.508 e. The first-order chi connectivity index (χ1) is 19.0. The number of carbonyl (C=O) groups is 4. The van der Waals surface area contributed by atoms with Gasteiger partial charge in [-0.05, 0) is 67.6 Å². The molecule has 4 unspecified atom stereocenters. The second kappa shape index (κ2) is 16.0. The van der Waals surface area contributed by atoms with Gasteiger partial charge < -0.3 is 47.8 Å². The van der Waals surface area contributed by atoms with Gasteiger partial charge in [0.15, 0.2) is 0 Å². The number of carbonyl (C=O) groups excluding carboxylic acids is 3. The number of carboxylic acid groups (broad SMARTS) is 1. The molecule has 0 aliphatic rings. The molecule has 13 nitrogen and oxygen atoms in total. The molecule has 0 spiro atoms. The number of nitrogens with two attached hydrogens (primary N) is 2. The molecule has 4 atom stereocenters. The minimum atomic E-state index is -1.49. The summed E-state index contributed by atoms with van der Waals surface area (Å²) in [6.45, 7) is -0.463. The van der Waals surface area contributed by atoms with E-state index in [4.69, 9.17) is 11.5 Å². The Labute approximate surface area is 231 Å². The van der Waals surface area contributed by atoms with Crippen molar-refractivity contribution < 1.29 is 39.6 Å². The zero-order chi connectivity index (χ0) is 29.7. The number of phenolic OH excluding ortho intramolecular Hbond substituents is 2. The molecule has 2 rings (SSSR count). The Kier molecular flexibility index (Phi) is 12.8. The Hall–Kier alpha value is -4.20. The van der Waals surface area contributed by atoms with Gasteiger partial charge in [0.2, 0.25) is 17.7 Å². The number of hydrogen-bond donors (Lipinski definition) is 9. The summed E-state index contributed by atoms with van der Waals surface area (Å²) < 4.78 is 0. The highest BCUT2D eigenvalue weighted by Crippen LogP contribution is 2.13. The maximum absolute atomic E-state index is 13.1. The number of unbranched alkanes of at least 4 members (excludes halogenated alkanes) is 1. The zero-order valence-corrected chi connectivity index (χ0v) is 22.0. The van der Waals surface area contributed by atoms with Crippen molar-refractivity contribution in [3.8, 4) is 11.5 Å². The third-order valence-electron chi connectivity index (χ3n) is 6.11. The summed E-state index contributed by atoms with van der Waals surface area (Å²) in [5.74, 6) is -3.59. The van der Waals surface area contributed by atoms with E-state index in [1.54, 1.807) is 12.1 Å². The average Bonchev–Trinajstić information content (AvgIpc) is 2.92. The molecule has 0 aliphatic heterocycles. The van der Waals surface area contributed by atoms with E-state index < -0.39 is 54.5 Å². The summed E-state index contributed by atoms with van der Waals surface area (Å²) in [6.07, 6.45) is 1.26. The van der Waals surface area contributed by atoms with E-state index in [-0.39, 0.29) is 30.8 Å². The van der Waals surface area contributed by atoms with Crippen LogP contribution < -0.4 is 27.4 Å². The predicted octanol–water partition coefficient (Wildman–Crippen LogP) is -1.13. The molecule has 2 aromatic carbocycles. The number of benzene rings is 2. The van der Waals surface area contributed by atoms with E-state index in [0.29, 0.717) is 30.5 Å². The average molecular weight is 560 g/mol. The number of aliphatic carboxylic acids is 1. The van der Waals surface area contributed by atoms with Crippen molar-refractivity contribution in [3.05, 3.63) is 59.7 Å². The molecule has 40 heavy (non-hydrogen) atoms. The number of phenols is 2. The summed E-state index contributed by atoms with van der Waals surface area (Å²) in [4.78, 5) is 50.3. The van der Waals surface area contributed by atoms with Crippen molar-refractivity contribution in [2.75, 3.05) is 13.2 Å². The summed E-state index contributed by atoms with van der Waals surface area (Å²) in [6, 6.07) is 6.94. The molecule has 218 valence electrons. The van der Waals surface area contributed by atoms with E-state index in [1.807, 2.05) is 0 Å². The lowest BCUT2D eigenvalue weighted by Gasteiger charge is -2.24. The lowest BCUT2D eigenvalue weighted by molar-refractivity contribution is -0.142. The number of nitrogens with one attached hydrogen (secondary N) is 3. The maximum Gasteiger partial charge on any atom is 0.326 e. The van der Waals surface area contributed by atoms with Gasteiger partial charge in [-0.15, -0.1) is 0 Å². The van der Waals surface area contributed by atoms with Crippen LogP contribution in [0, 0.1) is 0 Å². The first-order valence-corrected chi connectivity index (χ1v) is 12.8. The number of hydrogen-bond acceptors (Lipinski definition) is 9. The SMILES string of the molecule is NCCCCC(NC(=O)C(N)Cc1ccc(O)cc1)C(=O)NC(CO)C(=O)NC(Cc1ccc(O)cc1)C(=O)O. The van der Waals surface area contributed by atoms with Gasteiger partial charge in [0.25, 0.3) is 0 Å². The van der Waals surface area contributed by atoms with Gasteiger partial charge in [-0.3, -0.25) is 14.4 Å². The van der Waals surface area contributed by atoms with Crippen molar-refractivity contribution in [1.82, 2.24) is 16.0 Å². The number of aromatic hydroxyl groups is 2. The number of amides is 3. The fourth-order valence-corrected chi connectivity index (χ4v) is 3.83. The third kappa shape index (κ3) is 10.5. The van der Waals surface area contributed by atoms with Crippen LogP contribution in [0.15, 0.2) is 48.5 Å². The van der Waals surface area contributed by atoms with Crippen LogP contribution in [0.5, 0.6) is 11.5 Å². The van der Waals surface area contributed by atoms with E-state index in [2.05, 4.69) is 16.0 Å². The van der Waals surface area contributed by atoms with Gasteiger partial charge >= 0.3 is 5.97 Å². The quantitative estimate of drug-likeness (QED) is 0.112. The molecule has 0 radical (unpaired) electrons. The van der Waals surface area contributed by atoms with Gasteiger partial charge in [0.05, 0.1) is 12.6 Å². The molecule has 11 N–H and O–H groups in total. The van der Waals surface area contributed by atoms with Crippen molar-refractivity contribution in [2.24, 2.45) is 11.5 Å². The van der Waals surface area contributed by atoms with Crippen molar-refractivity contribution >= 4 is 23.7 Å². The lowest BCUT2D eigenvalue weighted by Crippen LogP contribution is -2.58. The van der Waals surface area contributed by atoms with Crippen LogP contribution >= 0.6 is 0 Å². The van der Waals surface area contributed by atoms with Crippen LogP contribution in [0.4, 0.5) is 0 Å². The van der Waals surface area contributed by atoms with Crippen LogP contribution in [0.1, 0.15) is 30.4 Å². The third-order valence-corrected chi connectivity index (χ3v) is 6.11. The summed E-state index contributed by atoms with van der Waals surface area (Å²) >= 11 is 0. The van der Waals surface area contributed by atoms with Crippen molar-refractivity contribution in [2.45, 2.75) is 56.3 Å². The Morgan fingerprint density at radius 3 is 1.68 bits per heavy atom. The summed E-state index contributed by atoms with van der Waals surface area (Å²) in [5.41, 5.74) is 12.8. The highest BCUT2D eigenvalue weighted by Gasteiger charge is 2.30. The molecule has 13 heteroatoms. The Bertz CT molecular complexity index is 1130. The van der Waals surface area contributed by atoms with Crippen molar-refractivity contribution in [3.63, 3.8) is 0 Å². The molecule has 0 fully saturated rings. The number of aliphatic hydroxyl groups is 1. The number of carboxylic acids is 1. The van der Waals surface area contributed by atoms with Gasteiger partial charge in [0, 0.05) is 6.42 Å². The smallest absolute Gasteiger partial charge is 0.326 e. The highest BCUT2D eigenvalue weighted by molar-refractivity contribution is 5.94. The Morgan fingerprint density at radius 2 is 1.18 bits per heavy atom. The normalized spacial score (nSPS) is 13.9. The monoisotopic (exact) mass is 559 g/mol. The minimum Gasteiger partial charge on any atom is -0.508 e. The van der Waals surface area contributed by atoms with Crippen LogP contribution in [0.3, 0.4) is 0 Å². The van der Waals surface area contributed by atoms with Gasteiger partial charge in [0.1, 0.15) is 29.6 Å². The van der Waals surface area contributed by atoms with Gasteiger partial charge in [-0.2, -0.15) is 0 Å². The van der Waals surface area contributed by atoms with Crippen LogP contribution in [0.25, 0.3) is 0 Å². The van der Waals surface area contributed by atoms with E-state index in [0.717, 1.165) is 0 Å². The molecule has 0 aromatic heterocycles. The lowest BCUT2D eigenvalue weighted by atomic mass is 10.0. The molecule has 0 saturated heterocycles. The molecular formula is C27H37N5O8. The predicted molar refractivity (Wildman–Crippen MR) is 145 cm³/mol. The fraction of sp³-hybridized carbons (Fsp3) is 0.407. The molecular weight excluding hydrogens is 522 g/mol. The van der Waals surface area contributed by atoms with E-state index in [1.165, 1.54) is 36.4 Å². The first kappa shape index (κ1) is 32.0. The van der Waals surface area contributed by atoms with Gasteiger partial charge in [-0.25, -0.2) is 4.79 Å². The maximum atomic E-state index is 13.1.